The Hall–Kier alpha value is -1.70. The van der Waals surface area contributed by atoms with Gasteiger partial charge in [-0.15, -0.1) is 23.7 Å². The average Bonchev–Trinajstić information content (AvgIpc) is 3.27. The molecule has 2 aliphatic rings. The number of halogens is 1. The molecular formula is C18H23ClN6S. The van der Waals surface area contributed by atoms with Gasteiger partial charge in [-0.25, -0.2) is 15.0 Å². The van der Waals surface area contributed by atoms with Gasteiger partial charge in [-0.1, -0.05) is 0 Å². The lowest BCUT2D eigenvalue weighted by Gasteiger charge is -2.32. The lowest BCUT2D eigenvalue weighted by atomic mass is 9.78. The van der Waals surface area contributed by atoms with Gasteiger partial charge in [0.1, 0.15) is 11.6 Å². The molecule has 2 saturated carbocycles. The number of aryl methyl sites for hydroxylation is 1. The molecule has 3 aromatic rings. The van der Waals surface area contributed by atoms with Crippen molar-refractivity contribution in [2.45, 2.75) is 57.0 Å². The Kier molecular flexibility index (Phi) is 4.62. The Morgan fingerprint density at radius 3 is 2.73 bits per heavy atom. The molecule has 2 aliphatic carbocycles. The molecular weight excluding hydrogens is 368 g/mol. The third-order valence-electron chi connectivity index (χ3n) is 5.19. The largest absolute Gasteiger partial charge is 0.364 e. The summed E-state index contributed by atoms with van der Waals surface area (Å²) in [6, 6.07) is 2.44. The highest BCUT2D eigenvalue weighted by atomic mass is 35.5. The van der Waals surface area contributed by atoms with Crippen molar-refractivity contribution >= 4 is 34.5 Å². The van der Waals surface area contributed by atoms with Gasteiger partial charge in [-0.2, -0.15) is 0 Å². The van der Waals surface area contributed by atoms with Crippen LogP contribution >= 0.6 is 23.7 Å². The molecule has 0 aliphatic heterocycles. The van der Waals surface area contributed by atoms with Crippen LogP contribution in [0.2, 0.25) is 0 Å². The van der Waals surface area contributed by atoms with Crippen LogP contribution in [0.3, 0.4) is 0 Å². The smallest absolute Gasteiger partial charge is 0.194 e. The Balaban J connectivity index is 0.00000168. The van der Waals surface area contributed by atoms with Gasteiger partial charge in [0.25, 0.3) is 0 Å². The van der Waals surface area contributed by atoms with E-state index in [0.29, 0.717) is 24.4 Å². The van der Waals surface area contributed by atoms with Crippen LogP contribution in [0.4, 0.5) is 5.82 Å². The summed E-state index contributed by atoms with van der Waals surface area (Å²) in [5.74, 6) is 2.97. The predicted octanol–water partition coefficient (Wildman–Crippen LogP) is 3.61. The standard InChI is InChI=1S/C18H22N6S.ClH/c1-10-9-25-18-21-14(8-24(10)18)7-20-16-6-15(12-4-13(19)5-12)22-17(23-16)11-2-3-11;/h6,8-9,11-13H,2-5,7,19H2,1H3,(H,20,22,23);1H. The number of thiazole rings is 1. The lowest BCUT2D eigenvalue weighted by Crippen LogP contribution is -2.35. The number of fused-ring (bicyclic) bond motifs is 1. The molecule has 3 N–H and O–H groups in total. The van der Waals surface area contributed by atoms with Crippen molar-refractivity contribution in [1.82, 2.24) is 19.4 Å². The highest BCUT2D eigenvalue weighted by molar-refractivity contribution is 7.15. The summed E-state index contributed by atoms with van der Waals surface area (Å²) in [6.45, 7) is 2.78. The first-order valence-corrected chi connectivity index (χ1v) is 9.84. The SMILES string of the molecule is Cc1csc2nc(CNc3cc(C4CC(N)C4)nc(C4CC4)n3)cn12.Cl. The molecule has 0 atom stereocenters. The minimum absolute atomic E-state index is 0. The lowest BCUT2D eigenvalue weighted by molar-refractivity contribution is 0.344. The van der Waals surface area contributed by atoms with Gasteiger partial charge in [0, 0.05) is 46.9 Å². The first-order chi connectivity index (χ1) is 12.2. The maximum atomic E-state index is 5.96. The summed E-state index contributed by atoms with van der Waals surface area (Å²) >= 11 is 1.67. The number of rotatable bonds is 5. The fraction of sp³-hybridized carbons (Fsp3) is 0.500. The normalized spacial score (nSPS) is 22.1. The van der Waals surface area contributed by atoms with Gasteiger partial charge in [0.2, 0.25) is 0 Å². The minimum Gasteiger partial charge on any atom is -0.364 e. The monoisotopic (exact) mass is 390 g/mol. The second kappa shape index (κ2) is 6.79. The zero-order valence-electron chi connectivity index (χ0n) is 14.7. The molecule has 0 aromatic carbocycles. The minimum atomic E-state index is 0. The van der Waals surface area contributed by atoms with Crippen LogP contribution in [-0.2, 0) is 6.54 Å². The number of nitrogens with zero attached hydrogens (tertiary/aromatic N) is 4. The van der Waals surface area contributed by atoms with E-state index in [1.54, 1.807) is 11.3 Å². The summed E-state index contributed by atoms with van der Waals surface area (Å²) in [5.41, 5.74) is 9.37. The van der Waals surface area contributed by atoms with Crippen molar-refractivity contribution in [2.24, 2.45) is 5.73 Å². The third kappa shape index (κ3) is 3.31. The Morgan fingerprint density at radius 2 is 2.04 bits per heavy atom. The molecule has 3 heterocycles. The molecule has 138 valence electrons. The average molecular weight is 391 g/mol. The van der Waals surface area contributed by atoms with Crippen molar-refractivity contribution in [3.05, 3.63) is 40.5 Å². The van der Waals surface area contributed by atoms with E-state index in [0.717, 1.165) is 40.8 Å². The molecule has 0 amide bonds. The number of anilines is 1. The molecule has 5 rings (SSSR count). The van der Waals surface area contributed by atoms with Crippen molar-refractivity contribution in [3.8, 4) is 0 Å². The Labute approximate surface area is 162 Å². The van der Waals surface area contributed by atoms with E-state index in [1.165, 1.54) is 18.5 Å². The fourth-order valence-electron chi connectivity index (χ4n) is 3.42. The third-order valence-corrected chi connectivity index (χ3v) is 6.15. The van der Waals surface area contributed by atoms with Crippen molar-refractivity contribution in [1.29, 1.82) is 0 Å². The van der Waals surface area contributed by atoms with Gasteiger partial charge in [0.15, 0.2) is 4.96 Å². The molecule has 8 heteroatoms. The number of nitrogens with two attached hydrogens (primary N) is 1. The summed E-state index contributed by atoms with van der Waals surface area (Å²) in [6.07, 6.45) is 6.60. The molecule has 6 nitrogen and oxygen atoms in total. The molecule has 0 spiro atoms. The molecule has 3 aromatic heterocycles. The number of nitrogens with one attached hydrogen (secondary N) is 1. The number of imidazole rings is 1. The van der Waals surface area contributed by atoms with Crippen LogP contribution in [-0.4, -0.2) is 25.4 Å². The van der Waals surface area contributed by atoms with Crippen LogP contribution < -0.4 is 11.1 Å². The van der Waals surface area contributed by atoms with Gasteiger partial charge in [0.05, 0.1) is 12.2 Å². The molecule has 26 heavy (non-hydrogen) atoms. The van der Waals surface area contributed by atoms with Crippen LogP contribution in [0.5, 0.6) is 0 Å². The van der Waals surface area contributed by atoms with Crippen LogP contribution in [0, 0.1) is 6.92 Å². The zero-order chi connectivity index (χ0) is 17.0. The Bertz CT molecular complexity index is 925. The second-order valence-electron chi connectivity index (χ2n) is 7.35. The van der Waals surface area contributed by atoms with Gasteiger partial charge >= 0.3 is 0 Å². The summed E-state index contributed by atoms with van der Waals surface area (Å²) < 4.78 is 2.14. The first-order valence-electron chi connectivity index (χ1n) is 8.96. The van der Waals surface area contributed by atoms with Gasteiger partial charge in [-0.05, 0) is 32.6 Å². The van der Waals surface area contributed by atoms with Crippen LogP contribution in [0.1, 0.15) is 60.4 Å². The van der Waals surface area contributed by atoms with Crippen molar-refractivity contribution in [2.75, 3.05) is 5.32 Å². The van der Waals surface area contributed by atoms with Crippen molar-refractivity contribution < 1.29 is 0 Å². The maximum Gasteiger partial charge on any atom is 0.194 e. The Morgan fingerprint density at radius 1 is 1.23 bits per heavy atom. The zero-order valence-corrected chi connectivity index (χ0v) is 16.3. The highest BCUT2D eigenvalue weighted by Crippen LogP contribution is 2.41. The predicted molar refractivity (Wildman–Crippen MR) is 106 cm³/mol. The van der Waals surface area contributed by atoms with E-state index >= 15 is 0 Å². The molecule has 2 fully saturated rings. The summed E-state index contributed by atoms with van der Waals surface area (Å²) in [4.78, 5) is 15.3. The van der Waals surface area contributed by atoms with E-state index in [1.807, 2.05) is 0 Å². The molecule has 0 radical (unpaired) electrons. The number of aromatic nitrogens is 4. The molecule has 0 saturated heterocycles. The molecule has 0 unspecified atom stereocenters. The summed E-state index contributed by atoms with van der Waals surface area (Å²) in [5, 5.41) is 5.58. The van der Waals surface area contributed by atoms with E-state index in [4.69, 9.17) is 15.7 Å². The van der Waals surface area contributed by atoms with E-state index < -0.39 is 0 Å². The quantitative estimate of drug-likeness (QED) is 0.695. The maximum absolute atomic E-state index is 5.96. The number of hydrogen-bond donors (Lipinski definition) is 2. The second-order valence-corrected chi connectivity index (χ2v) is 8.19. The van der Waals surface area contributed by atoms with Crippen LogP contribution in [0.25, 0.3) is 4.96 Å². The van der Waals surface area contributed by atoms with Crippen LogP contribution in [0.15, 0.2) is 17.6 Å². The first kappa shape index (κ1) is 17.7. The van der Waals surface area contributed by atoms with E-state index in [2.05, 4.69) is 39.3 Å². The van der Waals surface area contributed by atoms with E-state index in [-0.39, 0.29) is 12.4 Å². The summed E-state index contributed by atoms with van der Waals surface area (Å²) in [7, 11) is 0. The molecule has 0 bridgehead atoms. The van der Waals surface area contributed by atoms with Gasteiger partial charge < -0.3 is 11.1 Å². The fourth-order valence-corrected chi connectivity index (χ4v) is 4.29. The topological polar surface area (TPSA) is 81.1 Å². The number of hydrogen-bond acceptors (Lipinski definition) is 6. The highest BCUT2D eigenvalue weighted by Gasteiger charge is 2.32. The van der Waals surface area contributed by atoms with E-state index in [9.17, 15) is 0 Å². The van der Waals surface area contributed by atoms with Crippen molar-refractivity contribution in [3.63, 3.8) is 0 Å². The van der Waals surface area contributed by atoms with Gasteiger partial charge in [-0.3, -0.25) is 4.40 Å².